The van der Waals surface area contributed by atoms with Gasteiger partial charge in [-0.1, -0.05) is 11.6 Å². The van der Waals surface area contributed by atoms with Crippen LogP contribution in [0.25, 0.3) is 0 Å². The van der Waals surface area contributed by atoms with Crippen molar-refractivity contribution in [1.82, 2.24) is 5.32 Å². The van der Waals surface area contributed by atoms with E-state index in [4.69, 9.17) is 14.9 Å². The summed E-state index contributed by atoms with van der Waals surface area (Å²) >= 11 is 0. The Morgan fingerprint density at radius 1 is 1.57 bits per heavy atom. The van der Waals surface area contributed by atoms with Crippen LogP contribution >= 0.6 is 7.60 Å². The lowest BCUT2D eigenvalue weighted by atomic mass is 10.2. The van der Waals surface area contributed by atoms with Crippen molar-refractivity contribution in [3.63, 3.8) is 0 Å². The number of rotatable bonds is 5. The van der Waals surface area contributed by atoms with Crippen LogP contribution < -0.4 is 5.32 Å². The topological polar surface area (TPSA) is 107 Å². The van der Waals surface area contributed by atoms with Gasteiger partial charge in [0.1, 0.15) is 6.04 Å². The van der Waals surface area contributed by atoms with E-state index < -0.39 is 25.8 Å². The second-order valence-electron chi connectivity index (χ2n) is 2.94. The number of aliphatic carboxylic acids is 1. The fourth-order valence-corrected chi connectivity index (χ4v) is 1.70. The van der Waals surface area contributed by atoms with E-state index in [-0.39, 0.29) is 0 Å². The van der Waals surface area contributed by atoms with Crippen LogP contribution in [0, 0.1) is 0 Å². The van der Waals surface area contributed by atoms with E-state index in [0.717, 1.165) is 0 Å². The number of hydrogen-bond donors (Lipinski definition) is 4. The molecule has 0 saturated heterocycles. The summed E-state index contributed by atoms with van der Waals surface area (Å²) in [6.45, 7) is 1.48. The minimum absolute atomic E-state index is 0.347. The van der Waals surface area contributed by atoms with Crippen LogP contribution in [0.15, 0.2) is 11.6 Å². The zero-order valence-electron chi connectivity index (χ0n) is 7.97. The van der Waals surface area contributed by atoms with Crippen molar-refractivity contribution in [3.05, 3.63) is 11.6 Å². The molecule has 0 amide bonds. The van der Waals surface area contributed by atoms with Gasteiger partial charge in [-0.2, -0.15) is 0 Å². The van der Waals surface area contributed by atoms with E-state index in [9.17, 15) is 9.36 Å². The number of likely N-dealkylation sites (N-methyl/N-ethyl adjacent to an activating group) is 1. The standard InChI is InChI=1S/C7H14NO5P/c1-5(4-14(11,12)13)3-6(8-2)7(9)10/h3,6,8H,4H2,1-2H3,(H,9,10)(H2,11,12,13)/b5-3+. The van der Waals surface area contributed by atoms with Crippen molar-refractivity contribution in [3.8, 4) is 0 Å². The van der Waals surface area contributed by atoms with E-state index in [1.165, 1.54) is 20.0 Å². The van der Waals surface area contributed by atoms with Gasteiger partial charge in [-0.05, 0) is 14.0 Å². The SMILES string of the molecule is CNC(/C=C(\C)CP(=O)(O)O)C(=O)O. The molecule has 0 fully saturated rings. The lowest BCUT2D eigenvalue weighted by Crippen LogP contribution is -2.32. The van der Waals surface area contributed by atoms with Gasteiger partial charge in [-0.25, -0.2) is 0 Å². The van der Waals surface area contributed by atoms with Gasteiger partial charge in [-0.15, -0.1) is 0 Å². The summed E-state index contributed by atoms with van der Waals surface area (Å²) in [6, 6.07) is -0.915. The van der Waals surface area contributed by atoms with Crippen LogP contribution in [0.1, 0.15) is 6.92 Å². The first-order valence-electron chi connectivity index (χ1n) is 3.88. The Balaban J connectivity index is 4.49. The zero-order chi connectivity index (χ0) is 11.4. The molecule has 0 aliphatic heterocycles. The molecule has 7 heteroatoms. The third kappa shape index (κ3) is 5.88. The number of allylic oxidation sites excluding steroid dienone is 1. The van der Waals surface area contributed by atoms with Crippen molar-refractivity contribution in [2.75, 3.05) is 13.2 Å². The predicted molar refractivity (Wildman–Crippen MR) is 51.2 cm³/mol. The highest BCUT2D eigenvalue weighted by Gasteiger charge is 2.16. The maximum Gasteiger partial charge on any atom is 0.329 e. The molecule has 14 heavy (non-hydrogen) atoms. The van der Waals surface area contributed by atoms with Gasteiger partial charge in [0.15, 0.2) is 0 Å². The molecule has 0 aromatic rings. The molecule has 82 valence electrons. The Morgan fingerprint density at radius 3 is 2.36 bits per heavy atom. The van der Waals surface area contributed by atoms with Crippen LogP contribution in [0.3, 0.4) is 0 Å². The van der Waals surface area contributed by atoms with Crippen molar-refractivity contribution in [2.24, 2.45) is 0 Å². The Labute approximate surface area is 81.8 Å². The molecular weight excluding hydrogens is 209 g/mol. The zero-order valence-corrected chi connectivity index (χ0v) is 8.86. The second kappa shape index (κ2) is 5.26. The lowest BCUT2D eigenvalue weighted by molar-refractivity contribution is -0.138. The van der Waals surface area contributed by atoms with E-state index in [1.54, 1.807) is 0 Å². The maximum atomic E-state index is 10.6. The van der Waals surface area contributed by atoms with Gasteiger partial charge >= 0.3 is 13.6 Å². The van der Waals surface area contributed by atoms with Crippen molar-refractivity contribution in [1.29, 1.82) is 0 Å². The number of carbonyl (C=O) groups is 1. The Morgan fingerprint density at radius 2 is 2.07 bits per heavy atom. The average Bonchev–Trinajstić information content (AvgIpc) is 1.96. The van der Waals surface area contributed by atoms with Crippen LogP contribution in [0.4, 0.5) is 0 Å². The van der Waals surface area contributed by atoms with Crippen LogP contribution in [0.2, 0.25) is 0 Å². The molecule has 0 bridgehead atoms. The molecule has 0 aliphatic carbocycles. The van der Waals surface area contributed by atoms with Gasteiger partial charge in [0.2, 0.25) is 0 Å². The van der Waals surface area contributed by atoms with Crippen LogP contribution in [-0.4, -0.2) is 40.1 Å². The van der Waals surface area contributed by atoms with Gasteiger partial charge in [-0.3, -0.25) is 9.36 Å². The number of carboxylic acids is 1. The average molecular weight is 223 g/mol. The van der Waals surface area contributed by atoms with E-state index >= 15 is 0 Å². The fraction of sp³-hybridized carbons (Fsp3) is 0.571. The Kier molecular flexibility index (Phi) is 5.01. The summed E-state index contributed by atoms with van der Waals surface area (Å²) in [5, 5.41) is 11.1. The Hall–Kier alpha value is -0.680. The summed E-state index contributed by atoms with van der Waals surface area (Å²) < 4.78 is 10.6. The van der Waals surface area contributed by atoms with E-state index in [0.29, 0.717) is 5.57 Å². The highest BCUT2D eigenvalue weighted by molar-refractivity contribution is 7.52. The molecule has 0 rings (SSSR count). The summed E-state index contributed by atoms with van der Waals surface area (Å²) in [5.41, 5.74) is 0.347. The maximum absolute atomic E-state index is 10.6. The highest BCUT2D eigenvalue weighted by Crippen LogP contribution is 2.36. The van der Waals surface area contributed by atoms with E-state index in [2.05, 4.69) is 5.32 Å². The van der Waals surface area contributed by atoms with Crippen molar-refractivity contribution in [2.45, 2.75) is 13.0 Å². The molecule has 0 heterocycles. The molecule has 0 radical (unpaired) electrons. The number of hydrogen-bond acceptors (Lipinski definition) is 3. The quantitative estimate of drug-likeness (QED) is 0.379. The number of nitrogens with one attached hydrogen (secondary N) is 1. The summed E-state index contributed by atoms with van der Waals surface area (Å²) in [6.07, 6.45) is 0.861. The van der Waals surface area contributed by atoms with Crippen LogP contribution in [0.5, 0.6) is 0 Å². The lowest BCUT2D eigenvalue weighted by Gasteiger charge is -2.08. The van der Waals surface area contributed by atoms with Crippen molar-refractivity contribution < 1.29 is 24.3 Å². The largest absolute Gasteiger partial charge is 0.480 e. The van der Waals surface area contributed by atoms with Crippen molar-refractivity contribution >= 4 is 13.6 Å². The smallest absolute Gasteiger partial charge is 0.329 e. The third-order valence-electron chi connectivity index (χ3n) is 1.48. The second-order valence-corrected chi connectivity index (χ2v) is 4.59. The Bertz CT molecular complexity index is 282. The minimum atomic E-state index is -4.11. The van der Waals surface area contributed by atoms with Gasteiger partial charge in [0, 0.05) is 0 Å². The molecule has 0 spiro atoms. The van der Waals surface area contributed by atoms with Gasteiger partial charge in [0.25, 0.3) is 0 Å². The normalized spacial score (nSPS) is 15.3. The van der Waals surface area contributed by atoms with Gasteiger partial charge < -0.3 is 20.2 Å². The molecule has 0 aliphatic rings. The first-order valence-corrected chi connectivity index (χ1v) is 5.68. The fourth-order valence-electron chi connectivity index (χ4n) is 0.940. The molecular formula is C7H14NO5P. The third-order valence-corrected chi connectivity index (χ3v) is 2.39. The monoisotopic (exact) mass is 223 g/mol. The first kappa shape index (κ1) is 13.3. The predicted octanol–water partition coefficient (Wildman–Crippen LogP) is -0.217. The molecule has 0 saturated carbocycles. The van der Waals surface area contributed by atoms with Gasteiger partial charge in [0.05, 0.1) is 6.16 Å². The number of carboxylic acid groups (broad SMARTS) is 1. The molecule has 1 unspecified atom stereocenters. The minimum Gasteiger partial charge on any atom is -0.480 e. The van der Waals surface area contributed by atoms with Crippen LogP contribution in [-0.2, 0) is 9.36 Å². The summed E-state index contributed by atoms with van der Waals surface area (Å²) in [5.74, 6) is -1.09. The summed E-state index contributed by atoms with van der Waals surface area (Å²) in [7, 11) is -2.65. The summed E-state index contributed by atoms with van der Waals surface area (Å²) in [4.78, 5) is 27.8. The molecule has 0 aromatic carbocycles. The molecule has 0 aromatic heterocycles. The molecule has 6 nitrogen and oxygen atoms in total. The van der Waals surface area contributed by atoms with E-state index in [1.807, 2.05) is 0 Å². The molecule has 1 atom stereocenters. The first-order chi connectivity index (χ1) is 6.26. The molecule has 4 N–H and O–H groups in total. The highest BCUT2D eigenvalue weighted by atomic mass is 31.2.